The van der Waals surface area contributed by atoms with Gasteiger partial charge in [-0.1, -0.05) is 31.1 Å². The van der Waals surface area contributed by atoms with Crippen LogP contribution in [0.2, 0.25) is 0 Å². The molecule has 1 fully saturated rings. The number of amides is 2. The third-order valence-corrected chi connectivity index (χ3v) is 4.82. The predicted molar refractivity (Wildman–Crippen MR) is 97.9 cm³/mol. The Labute approximate surface area is 157 Å². The van der Waals surface area contributed by atoms with E-state index in [1.807, 2.05) is 13.8 Å². The maximum atomic E-state index is 13.0. The molecule has 3 rings (SSSR count). The van der Waals surface area contributed by atoms with Crippen molar-refractivity contribution < 1.29 is 18.5 Å². The number of aryl methyl sites for hydroxylation is 1. The normalized spacial score (nSPS) is 14.7. The monoisotopic (exact) mass is 373 g/mol. The van der Waals surface area contributed by atoms with Gasteiger partial charge in [-0.15, -0.1) is 0 Å². The second kappa shape index (κ2) is 7.90. The molecule has 1 aliphatic rings. The van der Waals surface area contributed by atoms with Crippen LogP contribution in [0.5, 0.6) is 0 Å². The zero-order valence-corrected chi connectivity index (χ0v) is 15.9. The van der Waals surface area contributed by atoms with Crippen LogP contribution in [-0.2, 0) is 11.2 Å². The number of carbonyl (C=O) groups excluding carboxylic acids is 2. The van der Waals surface area contributed by atoms with E-state index in [1.54, 1.807) is 28.9 Å². The van der Waals surface area contributed by atoms with Crippen LogP contribution in [0.4, 0.5) is 4.39 Å². The summed E-state index contributed by atoms with van der Waals surface area (Å²) in [6, 6.07) is 5.95. The lowest BCUT2D eigenvalue weighted by Crippen LogP contribution is -2.51. The van der Waals surface area contributed by atoms with Crippen molar-refractivity contribution >= 4 is 11.8 Å². The third-order valence-electron chi connectivity index (χ3n) is 4.82. The van der Waals surface area contributed by atoms with E-state index in [4.69, 9.17) is 4.52 Å². The Hall–Kier alpha value is -2.70. The first kappa shape index (κ1) is 19.1. The molecule has 2 amide bonds. The molecule has 2 heterocycles. The number of aromatic nitrogens is 1. The van der Waals surface area contributed by atoms with Gasteiger partial charge >= 0.3 is 0 Å². The topological polar surface area (TPSA) is 66.7 Å². The fraction of sp³-hybridized carbons (Fsp3) is 0.450. The van der Waals surface area contributed by atoms with Crippen LogP contribution < -0.4 is 0 Å². The summed E-state index contributed by atoms with van der Waals surface area (Å²) >= 11 is 0. The minimum Gasteiger partial charge on any atom is -0.360 e. The summed E-state index contributed by atoms with van der Waals surface area (Å²) in [5, 5.41) is 3.94. The molecule has 144 valence electrons. The fourth-order valence-electron chi connectivity index (χ4n) is 3.25. The number of hydrogen-bond acceptors (Lipinski definition) is 4. The van der Waals surface area contributed by atoms with E-state index in [0.29, 0.717) is 43.2 Å². The molecule has 0 N–H and O–H groups in total. The standard InChI is InChI=1S/C20H24FN3O3/c1-13(2)19-18(14(3)22-27-19)20(26)24-10-8-23(9-11-24)17(25)12-15-4-6-16(21)7-5-15/h4-7,13H,8-12H2,1-3H3. The van der Waals surface area contributed by atoms with Gasteiger partial charge in [-0.05, 0) is 24.6 Å². The summed E-state index contributed by atoms with van der Waals surface area (Å²) in [5.74, 6) is 0.250. The van der Waals surface area contributed by atoms with Gasteiger partial charge in [0.1, 0.15) is 11.4 Å². The lowest BCUT2D eigenvalue weighted by atomic mass is 10.0. The average Bonchev–Trinajstić information content (AvgIpc) is 3.05. The molecule has 0 radical (unpaired) electrons. The quantitative estimate of drug-likeness (QED) is 0.827. The number of piperazine rings is 1. The van der Waals surface area contributed by atoms with E-state index in [1.165, 1.54) is 12.1 Å². The Morgan fingerprint density at radius 3 is 2.30 bits per heavy atom. The van der Waals surface area contributed by atoms with Crippen LogP contribution >= 0.6 is 0 Å². The smallest absolute Gasteiger partial charge is 0.259 e. The molecule has 1 aromatic heterocycles. The van der Waals surface area contributed by atoms with Crippen LogP contribution in [0.3, 0.4) is 0 Å². The molecule has 2 aromatic rings. The van der Waals surface area contributed by atoms with Crippen molar-refractivity contribution in [3.05, 3.63) is 52.7 Å². The SMILES string of the molecule is Cc1noc(C(C)C)c1C(=O)N1CCN(C(=O)Cc2ccc(F)cc2)CC1. The molecule has 0 spiro atoms. The molecule has 0 aliphatic carbocycles. The Morgan fingerprint density at radius 1 is 1.11 bits per heavy atom. The average molecular weight is 373 g/mol. The lowest BCUT2D eigenvalue weighted by Gasteiger charge is -2.35. The van der Waals surface area contributed by atoms with Gasteiger partial charge in [0.2, 0.25) is 5.91 Å². The number of halogens is 1. The van der Waals surface area contributed by atoms with E-state index < -0.39 is 0 Å². The number of hydrogen-bond donors (Lipinski definition) is 0. The van der Waals surface area contributed by atoms with E-state index >= 15 is 0 Å². The third kappa shape index (κ3) is 4.18. The second-order valence-electron chi connectivity index (χ2n) is 7.14. The van der Waals surface area contributed by atoms with Crippen LogP contribution in [0.15, 0.2) is 28.8 Å². The molecule has 0 unspecified atom stereocenters. The summed E-state index contributed by atoms with van der Waals surface area (Å²) < 4.78 is 18.3. The second-order valence-corrected chi connectivity index (χ2v) is 7.14. The van der Waals surface area contributed by atoms with Gasteiger partial charge in [-0.2, -0.15) is 0 Å². The summed E-state index contributed by atoms with van der Waals surface area (Å²) in [7, 11) is 0. The van der Waals surface area contributed by atoms with Crippen LogP contribution in [0, 0.1) is 12.7 Å². The zero-order valence-electron chi connectivity index (χ0n) is 15.9. The van der Waals surface area contributed by atoms with Crippen molar-refractivity contribution in [3.63, 3.8) is 0 Å². The molecule has 0 atom stereocenters. The number of benzene rings is 1. The maximum absolute atomic E-state index is 13.0. The van der Waals surface area contributed by atoms with E-state index in [9.17, 15) is 14.0 Å². The van der Waals surface area contributed by atoms with Crippen molar-refractivity contribution in [1.29, 1.82) is 0 Å². The van der Waals surface area contributed by atoms with Gasteiger partial charge < -0.3 is 14.3 Å². The van der Waals surface area contributed by atoms with Gasteiger partial charge in [-0.25, -0.2) is 4.39 Å². The first-order chi connectivity index (χ1) is 12.9. The number of nitrogens with zero attached hydrogens (tertiary/aromatic N) is 3. The summed E-state index contributed by atoms with van der Waals surface area (Å²) in [6.07, 6.45) is 0.233. The van der Waals surface area contributed by atoms with Gasteiger partial charge in [-0.3, -0.25) is 9.59 Å². The Morgan fingerprint density at radius 2 is 1.70 bits per heavy atom. The van der Waals surface area contributed by atoms with E-state index in [-0.39, 0.29) is 30.0 Å². The Bertz CT molecular complexity index is 821. The van der Waals surface area contributed by atoms with Gasteiger partial charge in [0.15, 0.2) is 5.76 Å². The molecule has 1 saturated heterocycles. The first-order valence-electron chi connectivity index (χ1n) is 9.14. The van der Waals surface area contributed by atoms with Gasteiger partial charge in [0.05, 0.1) is 12.1 Å². The minimum atomic E-state index is -0.317. The molecular formula is C20H24FN3O3. The fourth-order valence-corrected chi connectivity index (χ4v) is 3.25. The minimum absolute atomic E-state index is 0.0160. The molecule has 7 heteroatoms. The number of rotatable bonds is 4. The highest BCUT2D eigenvalue weighted by molar-refractivity contribution is 5.96. The summed E-state index contributed by atoms with van der Waals surface area (Å²) in [5.41, 5.74) is 1.91. The van der Waals surface area contributed by atoms with Crippen LogP contribution in [-0.4, -0.2) is 52.9 Å². The van der Waals surface area contributed by atoms with Crippen molar-refractivity contribution in [3.8, 4) is 0 Å². The molecular weight excluding hydrogens is 349 g/mol. The molecule has 0 bridgehead atoms. The van der Waals surface area contributed by atoms with Gasteiger partial charge in [0, 0.05) is 32.1 Å². The molecule has 1 aliphatic heterocycles. The predicted octanol–water partition coefficient (Wildman–Crippen LogP) is 2.77. The summed E-state index contributed by atoms with van der Waals surface area (Å²) in [6.45, 7) is 7.59. The molecule has 6 nitrogen and oxygen atoms in total. The lowest BCUT2D eigenvalue weighted by molar-refractivity contribution is -0.131. The van der Waals surface area contributed by atoms with E-state index in [0.717, 1.165) is 5.56 Å². The van der Waals surface area contributed by atoms with E-state index in [2.05, 4.69) is 5.16 Å². The van der Waals surface area contributed by atoms with Crippen LogP contribution in [0.25, 0.3) is 0 Å². The largest absolute Gasteiger partial charge is 0.360 e. The van der Waals surface area contributed by atoms with Crippen LogP contribution in [0.1, 0.15) is 47.1 Å². The van der Waals surface area contributed by atoms with Crippen molar-refractivity contribution in [2.24, 2.45) is 0 Å². The highest BCUT2D eigenvalue weighted by Crippen LogP contribution is 2.24. The first-order valence-corrected chi connectivity index (χ1v) is 9.14. The Kier molecular flexibility index (Phi) is 5.58. The molecule has 0 saturated carbocycles. The highest BCUT2D eigenvalue weighted by atomic mass is 19.1. The zero-order chi connectivity index (χ0) is 19.6. The van der Waals surface area contributed by atoms with Crippen molar-refractivity contribution in [2.75, 3.05) is 26.2 Å². The van der Waals surface area contributed by atoms with Crippen molar-refractivity contribution in [2.45, 2.75) is 33.1 Å². The van der Waals surface area contributed by atoms with Crippen molar-refractivity contribution in [1.82, 2.24) is 15.0 Å². The highest BCUT2D eigenvalue weighted by Gasteiger charge is 2.30. The molecule has 27 heavy (non-hydrogen) atoms. The van der Waals surface area contributed by atoms with Gasteiger partial charge in [0.25, 0.3) is 5.91 Å². The maximum Gasteiger partial charge on any atom is 0.259 e. The summed E-state index contributed by atoms with van der Waals surface area (Å²) in [4.78, 5) is 28.8. The molecule has 1 aromatic carbocycles. The Balaban J connectivity index is 1.60. The number of carbonyl (C=O) groups is 2.